The number of hydrogen-bond acceptors (Lipinski definition) is 3. The van der Waals surface area contributed by atoms with Gasteiger partial charge in [0.2, 0.25) is 5.91 Å². The molecule has 1 aromatic heterocycles. The van der Waals surface area contributed by atoms with Crippen molar-refractivity contribution in [2.24, 2.45) is 17.8 Å². The van der Waals surface area contributed by atoms with Crippen LogP contribution in [0.4, 0.5) is 0 Å². The molecule has 2 fully saturated rings. The Hall–Kier alpha value is -1.78. The zero-order valence-electron chi connectivity index (χ0n) is 11.1. The molecular weight excluding hydrogens is 258 g/mol. The number of carboxylic acids is 1. The van der Waals surface area contributed by atoms with Crippen LogP contribution < -0.4 is 0 Å². The predicted molar refractivity (Wildman–Crippen MR) is 68.8 cm³/mol. The zero-order chi connectivity index (χ0) is 13.9. The molecule has 0 saturated heterocycles. The molecule has 2 heterocycles. The molecule has 2 unspecified atom stereocenters. The van der Waals surface area contributed by atoms with Crippen molar-refractivity contribution in [1.29, 1.82) is 0 Å². The normalized spacial score (nSPS) is 34.5. The first-order valence-electron chi connectivity index (χ1n) is 7.24. The Morgan fingerprint density at radius 1 is 1.25 bits per heavy atom. The van der Waals surface area contributed by atoms with Crippen LogP contribution in [0.15, 0.2) is 16.7 Å². The van der Waals surface area contributed by atoms with Gasteiger partial charge < -0.3 is 14.4 Å². The molecule has 0 spiro atoms. The molecule has 0 aromatic carbocycles. The van der Waals surface area contributed by atoms with Crippen molar-refractivity contribution in [2.75, 3.05) is 6.54 Å². The average Bonchev–Trinajstić information content (AvgIpc) is 2.88. The minimum atomic E-state index is -0.969. The number of hydrogen-bond donors (Lipinski definition) is 1. The predicted octanol–water partition coefficient (Wildman–Crippen LogP) is 1.84. The number of rotatable bonds is 2. The molecule has 3 aliphatic rings. The Labute approximate surface area is 116 Å². The lowest BCUT2D eigenvalue weighted by atomic mass is 9.95. The second kappa shape index (κ2) is 4.11. The van der Waals surface area contributed by atoms with Crippen molar-refractivity contribution < 1.29 is 19.1 Å². The van der Waals surface area contributed by atoms with E-state index in [1.165, 1.54) is 12.7 Å². The van der Waals surface area contributed by atoms with Crippen molar-refractivity contribution in [3.8, 4) is 0 Å². The first-order valence-corrected chi connectivity index (χ1v) is 7.24. The van der Waals surface area contributed by atoms with Gasteiger partial charge in [0, 0.05) is 24.4 Å². The van der Waals surface area contributed by atoms with Crippen LogP contribution in [-0.4, -0.2) is 28.4 Å². The van der Waals surface area contributed by atoms with Gasteiger partial charge >= 0.3 is 5.97 Å². The first-order chi connectivity index (χ1) is 9.65. The van der Waals surface area contributed by atoms with Gasteiger partial charge in [-0.05, 0) is 37.2 Å². The minimum Gasteiger partial charge on any atom is -0.479 e. The van der Waals surface area contributed by atoms with E-state index in [9.17, 15) is 14.7 Å². The summed E-state index contributed by atoms with van der Waals surface area (Å²) >= 11 is 0. The van der Waals surface area contributed by atoms with E-state index in [0.717, 1.165) is 24.7 Å². The van der Waals surface area contributed by atoms with Crippen LogP contribution in [-0.2, 0) is 16.0 Å². The summed E-state index contributed by atoms with van der Waals surface area (Å²) in [5, 5.41) is 9.49. The maximum atomic E-state index is 12.6. The number of carbonyl (C=O) groups excluding carboxylic acids is 1. The number of fused-ring (bicyclic) bond motifs is 2. The Kier molecular flexibility index (Phi) is 2.46. The van der Waals surface area contributed by atoms with E-state index in [1.807, 2.05) is 0 Å². The van der Waals surface area contributed by atoms with Gasteiger partial charge in [0.25, 0.3) is 0 Å². The molecule has 1 N–H and O–H groups in total. The summed E-state index contributed by atoms with van der Waals surface area (Å²) in [6.07, 6.45) is 5.28. The quantitative estimate of drug-likeness (QED) is 0.894. The van der Waals surface area contributed by atoms with Crippen LogP contribution >= 0.6 is 0 Å². The summed E-state index contributed by atoms with van der Waals surface area (Å²) < 4.78 is 5.31. The molecule has 2 saturated carbocycles. The molecule has 2 aliphatic carbocycles. The minimum absolute atomic E-state index is 0.0245. The van der Waals surface area contributed by atoms with Crippen molar-refractivity contribution in [1.82, 2.24) is 4.90 Å². The summed E-state index contributed by atoms with van der Waals surface area (Å²) in [7, 11) is 0. The van der Waals surface area contributed by atoms with Crippen LogP contribution in [0, 0.1) is 17.8 Å². The fraction of sp³-hybridized carbons (Fsp3) is 0.600. The third-order valence-electron chi connectivity index (χ3n) is 5.08. The van der Waals surface area contributed by atoms with Crippen molar-refractivity contribution in [3.63, 3.8) is 0 Å². The van der Waals surface area contributed by atoms with E-state index in [1.54, 1.807) is 11.0 Å². The lowest BCUT2D eigenvalue weighted by Crippen LogP contribution is -2.45. The molecule has 0 bridgehead atoms. The van der Waals surface area contributed by atoms with Gasteiger partial charge in [-0.3, -0.25) is 4.79 Å². The third kappa shape index (κ3) is 1.69. The molecule has 1 aliphatic heterocycles. The highest BCUT2D eigenvalue weighted by Crippen LogP contribution is 2.55. The average molecular weight is 275 g/mol. The van der Waals surface area contributed by atoms with E-state index in [0.29, 0.717) is 24.3 Å². The smallest absolute Gasteiger partial charge is 0.331 e. The number of carbonyl (C=O) groups is 2. The molecule has 4 rings (SSSR count). The van der Waals surface area contributed by atoms with E-state index >= 15 is 0 Å². The lowest BCUT2D eigenvalue weighted by Gasteiger charge is -2.34. The van der Waals surface area contributed by atoms with Crippen molar-refractivity contribution >= 4 is 11.9 Å². The SMILES string of the molecule is O=C(O)C1c2ccoc2CCN1C(=O)C1C[C@@H]2C[C@@H]2C1. The van der Waals surface area contributed by atoms with Crippen LogP contribution in [0.25, 0.3) is 0 Å². The largest absolute Gasteiger partial charge is 0.479 e. The van der Waals surface area contributed by atoms with E-state index in [2.05, 4.69) is 0 Å². The fourth-order valence-electron chi connectivity index (χ4n) is 3.97. The Bertz CT molecular complexity index is 568. The fourth-order valence-corrected chi connectivity index (χ4v) is 3.97. The summed E-state index contributed by atoms with van der Waals surface area (Å²) in [6, 6.07) is 0.807. The molecule has 106 valence electrons. The van der Waals surface area contributed by atoms with Gasteiger partial charge in [-0.2, -0.15) is 0 Å². The second-order valence-corrected chi connectivity index (χ2v) is 6.25. The maximum Gasteiger partial charge on any atom is 0.331 e. The number of nitrogens with zero attached hydrogens (tertiary/aromatic N) is 1. The van der Waals surface area contributed by atoms with Gasteiger partial charge in [0.05, 0.1) is 6.26 Å². The summed E-state index contributed by atoms with van der Waals surface area (Å²) in [6.45, 7) is 0.447. The highest BCUT2D eigenvalue weighted by molar-refractivity contribution is 5.87. The lowest BCUT2D eigenvalue weighted by molar-refractivity contribution is -0.153. The Morgan fingerprint density at radius 2 is 2.00 bits per heavy atom. The monoisotopic (exact) mass is 275 g/mol. The highest BCUT2D eigenvalue weighted by Gasteiger charge is 2.50. The van der Waals surface area contributed by atoms with E-state index < -0.39 is 12.0 Å². The van der Waals surface area contributed by atoms with Crippen molar-refractivity contribution in [3.05, 3.63) is 23.7 Å². The number of furan rings is 1. The van der Waals surface area contributed by atoms with Gasteiger partial charge in [0.1, 0.15) is 5.76 Å². The number of aliphatic carboxylic acids is 1. The summed E-state index contributed by atoms with van der Waals surface area (Å²) in [5.41, 5.74) is 0.639. The zero-order valence-corrected chi connectivity index (χ0v) is 11.1. The van der Waals surface area contributed by atoms with Gasteiger partial charge in [-0.25, -0.2) is 4.79 Å². The molecule has 4 atom stereocenters. The summed E-state index contributed by atoms with van der Waals surface area (Å²) in [5.74, 6) is 1.24. The second-order valence-electron chi connectivity index (χ2n) is 6.25. The van der Waals surface area contributed by atoms with Crippen LogP contribution in [0.5, 0.6) is 0 Å². The molecular formula is C15H17NO4. The van der Waals surface area contributed by atoms with Crippen LogP contribution in [0.3, 0.4) is 0 Å². The maximum absolute atomic E-state index is 12.6. The van der Waals surface area contributed by atoms with E-state index in [4.69, 9.17) is 4.42 Å². The van der Waals surface area contributed by atoms with Gasteiger partial charge in [0.15, 0.2) is 6.04 Å². The number of amides is 1. The summed E-state index contributed by atoms with van der Waals surface area (Å²) in [4.78, 5) is 25.8. The van der Waals surface area contributed by atoms with Crippen LogP contribution in [0.1, 0.15) is 36.6 Å². The molecule has 0 radical (unpaired) electrons. The van der Waals surface area contributed by atoms with Gasteiger partial charge in [-0.15, -0.1) is 0 Å². The highest BCUT2D eigenvalue weighted by atomic mass is 16.4. The molecule has 5 heteroatoms. The number of carboxylic acid groups (broad SMARTS) is 1. The van der Waals surface area contributed by atoms with Gasteiger partial charge in [-0.1, -0.05) is 0 Å². The molecule has 1 amide bonds. The topological polar surface area (TPSA) is 70.8 Å². The molecule has 20 heavy (non-hydrogen) atoms. The first kappa shape index (κ1) is 12.0. The molecule has 5 nitrogen and oxygen atoms in total. The van der Waals surface area contributed by atoms with Crippen molar-refractivity contribution in [2.45, 2.75) is 31.7 Å². The Morgan fingerprint density at radius 3 is 2.70 bits per heavy atom. The van der Waals surface area contributed by atoms with Crippen LogP contribution in [0.2, 0.25) is 0 Å². The van der Waals surface area contributed by atoms with E-state index in [-0.39, 0.29) is 11.8 Å². The third-order valence-corrected chi connectivity index (χ3v) is 5.08. The standard InChI is InChI=1S/C15H17NO4/c17-14(10-6-8-5-9(8)7-10)16-3-1-12-11(2-4-20-12)13(16)15(18)19/h2,4,8-10,13H,1,3,5-7H2,(H,18,19)/t8-,9+,10?,13?. The molecule has 1 aromatic rings. The Balaban J connectivity index is 1.60.